The van der Waals surface area contributed by atoms with Crippen LogP contribution in [-0.4, -0.2) is 59.2 Å². The first-order valence-corrected chi connectivity index (χ1v) is 16.4. The summed E-state index contributed by atoms with van der Waals surface area (Å²) < 4.78 is 37.8. The average molecular weight is 651 g/mol. The van der Waals surface area contributed by atoms with Gasteiger partial charge in [-0.05, 0) is 110 Å². The summed E-state index contributed by atoms with van der Waals surface area (Å²) in [7, 11) is 1.67. The second-order valence-corrected chi connectivity index (χ2v) is 13.8. The molecule has 254 valence electrons. The lowest BCUT2D eigenvalue weighted by Crippen LogP contribution is -2.52. The van der Waals surface area contributed by atoms with E-state index in [-0.39, 0.29) is 36.0 Å². The average Bonchev–Trinajstić information content (AvgIpc) is 2.95. The lowest BCUT2D eigenvalue weighted by atomic mass is 9.83. The van der Waals surface area contributed by atoms with Crippen molar-refractivity contribution in [1.82, 2.24) is 9.47 Å². The summed E-state index contributed by atoms with van der Waals surface area (Å²) in [6.45, 7) is 15.2. The Morgan fingerprint density at radius 2 is 1.60 bits per heavy atom. The lowest BCUT2D eigenvalue weighted by molar-refractivity contribution is -0.137. The van der Waals surface area contributed by atoms with E-state index < -0.39 is 47.3 Å². The third-order valence-corrected chi connectivity index (χ3v) is 9.44. The molecule has 1 saturated heterocycles. The molecule has 0 bridgehead atoms. The number of ketones is 1. The van der Waals surface area contributed by atoms with E-state index in [4.69, 9.17) is 4.74 Å². The second-order valence-electron chi connectivity index (χ2n) is 13.8. The number of carboxylic acid groups (broad SMARTS) is 1. The number of carbonyl (C=O) groups excluding carboxylic acids is 1. The lowest BCUT2D eigenvalue weighted by Gasteiger charge is -2.38. The van der Waals surface area contributed by atoms with Gasteiger partial charge in [-0.15, -0.1) is 0 Å². The summed E-state index contributed by atoms with van der Waals surface area (Å²) in [5, 5.41) is 9.88. The van der Waals surface area contributed by atoms with E-state index in [9.17, 15) is 19.5 Å². The minimum atomic E-state index is -1.17. The molecular formula is C38H48F2N2O5. The normalized spacial score (nSPS) is 15.1. The molecule has 1 fully saturated rings. The molecule has 1 aliphatic rings. The van der Waals surface area contributed by atoms with Crippen LogP contribution >= 0.6 is 0 Å². The molecule has 1 aliphatic heterocycles. The Labute approximate surface area is 276 Å². The summed E-state index contributed by atoms with van der Waals surface area (Å²) in [6.07, 6.45) is 1.68. The summed E-state index contributed by atoms with van der Waals surface area (Å²) in [5.41, 5.74) is 5.27. The zero-order valence-corrected chi connectivity index (χ0v) is 28.9. The standard InChI is InChI=1S/C38H48F2N2O5/c1-21(2)11-32(42-18-27(26(7)37(40)38(42)46)9-10-41-19-30(20-41)47-8)33(43)16-28(17-34(44)45)31-15-29(14-25(6)36(31)39)35-23(4)12-22(3)13-24(35)5/h12-15,18,21,28,30,32H,9-11,16-17,19-20H2,1-8H3,(H,44,45)/t28-,32?/m0/s1. The van der Waals surface area contributed by atoms with E-state index in [1.165, 1.54) is 4.57 Å². The molecule has 1 aromatic heterocycles. The summed E-state index contributed by atoms with van der Waals surface area (Å²) >= 11 is 0. The number of aryl methyl sites for hydroxylation is 4. The Hall–Kier alpha value is -3.69. The fourth-order valence-corrected chi connectivity index (χ4v) is 6.96. The molecule has 7 nitrogen and oxygen atoms in total. The summed E-state index contributed by atoms with van der Waals surface area (Å²) in [6, 6.07) is 6.45. The molecule has 47 heavy (non-hydrogen) atoms. The minimum Gasteiger partial charge on any atom is -0.481 e. The monoisotopic (exact) mass is 650 g/mol. The Morgan fingerprint density at radius 1 is 0.957 bits per heavy atom. The van der Waals surface area contributed by atoms with Crippen molar-refractivity contribution in [2.75, 3.05) is 26.7 Å². The van der Waals surface area contributed by atoms with Gasteiger partial charge in [-0.2, -0.15) is 0 Å². The Balaban J connectivity index is 1.73. The molecule has 0 spiro atoms. The predicted molar refractivity (Wildman–Crippen MR) is 180 cm³/mol. The highest BCUT2D eigenvalue weighted by molar-refractivity contribution is 5.84. The molecular weight excluding hydrogens is 602 g/mol. The number of benzene rings is 2. The molecule has 2 heterocycles. The number of aromatic nitrogens is 1. The van der Waals surface area contributed by atoms with Gasteiger partial charge in [-0.3, -0.25) is 19.3 Å². The van der Waals surface area contributed by atoms with E-state index >= 15 is 8.78 Å². The van der Waals surface area contributed by atoms with Crippen molar-refractivity contribution in [3.63, 3.8) is 0 Å². The molecule has 9 heteroatoms. The van der Waals surface area contributed by atoms with Gasteiger partial charge in [-0.25, -0.2) is 8.78 Å². The van der Waals surface area contributed by atoms with Gasteiger partial charge in [-0.1, -0.05) is 31.5 Å². The second kappa shape index (κ2) is 15.0. The highest BCUT2D eigenvalue weighted by Gasteiger charge is 2.31. The number of rotatable bonds is 14. The van der Waals surface area contributed by atoms with E-state index in [2.05, 4.69) is 4.90 Å². The smallest absolute Gasteiger partial charge is 0.303 e. The van der Waals surface area contributed by atoms with Crippen LogP contribution in [0.25, 0.3) is 11.1 Å². The van der Waals surface area contributed by atoms with E-state index in [0.29, 0.717) is 24.1 Å². The number of nitrogens with zero attached hydrogens (tertiary/aromatic N) is 2. The van der Waals surface area contributed by atoms with Gasteiger partial charge < -0.3 is 14.4 Å². The molecule has 1 unspecified atom stereocenters. The van der Waals surface area contributed by atoms with Crippen LogP contribution < -0.4 is 5.56 Å². The number of hydrogen-bond acceptors (Lipinski definition) is 5. The molecule has 0 amide bonds. The quantitative estimate of drug-likeness (QED) is 0.202. The maximum absolute atomic E-state index is 15.9. The maximum Gasteiger partial charge on any atom is 0.303 e. The van der Waals surface area contributed by atoms with Gasteiger partial charge in [0.05, 0.1) is 18.6 Å². The number of methoxy groups -OCH3 is 1. The van der Waals surface area contributed by atoms with Crippen LogP contribution in [0.3, 0.4) is 0 Å². The van der Waals surface area contributed by atoms with Gasteiger partial charge in [0.15, 0.2) is 11.6 Å². The van der Waals surface area contributed by atoms with Crippen molar-refractivity contribution in [2.24, 2.45) is 5.92 Å². The molecule has 0 radical (unpaired) electrons. The molecule has 3 aromatic rings. The number of carboxylic acids is 1. The summed E-state index contributed by atoms with van der Waals surface area (Å²) in [5.74, 6) is -4.10. The SMILES string of the molecule is COC1CN(CCc2cn(C(CC(C)C)C(=O)C[C@@H](CC(=O)O)c3cc(-c4c(C)cc(C)cc4C)cc(C)c3F)c(=O)c(F)c2C)C1. The van der Waals surface area contributed by atoms with Crippen LogP contribution in [0.5, 0.6) is 0 Å². The van der Waals surface area contributed by atoms with Crippen LogP contribution in [0.1, 0.15) is 84.0 Å². The summed E-state index contributed by atoms with van der Waals surface area (Å²) in [4.78, 5) is 41.8. The van der Waals surface area contributed by atoms with Crippen molar-refractivity contribution < 1.29 is 28.2 Å². The zero-order valence-electron chi connectivity index (χ0n) is 28.9. The first-order chi connectivity index (χ1) is 22.1. The van der Waals surface area contributed by atoms with Crippen LogP contribution in [0.15, 0.2) is 35.3 Å². The molecule has 2 aromatic carbocycles. The minimum absolute atomic E-state index is 0.0385. The van der Waals surface area contributed by atoms with Crippen molar-refractivity contribution in [3.8, 4) is 11.1 Å². The highest BCUT2D eigenvalue weighted by Crippen LogP contribution is 2.37. The molecule has 0 saturated carbocycles. The van der Waals surface area contributed by atoms with Crippen molar-refractivity contribution >= 4 is 11.8 Å². The largest absolute Gasteiger partial charge is 0.481 e. The number of hydrogen-bond donors (Lipinski definition) is 1. The van der Waals surface area contributed by atoms with Gasteiger partial charge in [0.1, 0.15) is 5.82 Å². The molecule has 1 N–H and O–H groups in total. The fraction of sp³-hybridized carbons (Fsp3) is 0.500. The van der Waals surface area contributed by atoms with Crippen molar-refractivity contribution in [1.29, 1.82) is 0 Å². The van der Waals surface area contributed by atoms with Crippen LogP contribution in [0.4, 0.5) is 8.78 Å². The third kappa shape index (κ3) is 8.25. The fourth-order valence-electron chi connectivity index (χ4n) is 6.96. The van der Waals surface area contributed by atoms with Crippen molar-refractivity contribution in [3.05, 3.63) is 91.4 Å². The number of aliphatic carboxylic acids is 1. The van der Waals surface area contributed by atoms with E-state index in [0.717, 1.165) is 40.9 Å². The Kier molecular flexibility index (Phi) is 11.6. The number of halogens is 2. The number of carbonyl (C=O) groups is 2. The van der Waals surface area contributed by atoms with E-state index in [1.54, 1.807) is 39.3 Å². The number of likely N-dealkylation sites (tertiary alicyclic amines) is 1. The molecule has 2 atom stereocenters. The number of ether oxygens (including phenoxy) is 1. The first-order valence-electron chi connectivity index (χ1n) is 16.4. The van der Waals surface area contributed by atoms with Gasteiger partial charge >= 0.3 is 5.97 Å². The van der Waals surface area contributed by atoms with E-state index in [1.807, 2.05) is 46.8 Å². The highest BCUT2D eigenvalue weighted by atomic mass is 19.1. The number of Topliss-reactive ketones (excluding diaryl/α,β-unsaturated/α-hetero) is 1. The number of pyridine rings is 1. The van der Waals surface area contributed by atoms with Gasteiger partial charge in [0, 0.05) is 45.3 Å². The topological polar surface area (TPSA) is 88.8 Å². The van der Waals surface area contributed by atoms with Crippen LogP contribution in [0, 0.1) is 52.2 Å². The maximum atomic E-state index is 15.9. The molecule has 4 rings (SSSR count). The molecule has 0 aliphatic carbocycles. The van der Waals surface area contributed by atoms with Gasteiger partial charge in [0.2, 0.25) is 0 Å². The third-order valence-electron chi connectivity index (χ3n) is 9.44. The zero-order chi connectivity index (χ0) is 34.7. The van der Waals surface area contributed by atoms with Crippen molar-refractivity contribution in [2.45, 2.75) is 92.2 Å². The predicted octanol–water partition coefficient (Wildman–Crippen LogP) is 7.01. The Morgan fingerprint density at radius 3 is 2.17 bits per heavy atom. The first kappa shape index (κ1) is 36.2. The van der Waals surface area contributed by atoms with Crippen LogP contribution in [-0.2, 0) is 20.7 Å². The van der Waals surface area contributed by atoms with Gasteiger partial charge in [0.25, 0.3) is 5.56 Å². The van der Waals surface area contributed by atoms with Crippen LogP contribution in [0.2, 0.25) is 0 Å². The Bertz CT molecular complexity index is 1680.